The quantitative estimate of drug-likeness (QED) is 0.412. The molecule has 0 spiro atoms. The Morgan fingerprint density at radius 3 is 2.70 bits per heavy atom. The third-order valence-corrected chi connectivity index (χ3v) is 5.89. The fourth-order valence-electron chi connectivity index (χ4n) is 4.14. The third-order valence-electron chi connectivity index (χ3n) is 5.89. The Balaban J connectivity index is 1.37. The van der Waals surface area contributed by atoms with E-state index in [9.17, 15) is 0 Å². The van der Waals surface area contributed by atoms with E-state index in [-0.39, 0.29) is 0 Å². The van der Waals surface area contributed by atoms with Gasteiger partial charge in [0.15, 0.2) is 11.5 Å². The molecule has 7 heteroatoms. The van der Waals surface area contributed by atoms with Crippen LogP contribution in [0.25, 0.3) is 0 Å². The van der Waals surface area contributed by atoms with Crippen molar-refractivity contribution in [3.05, 3.63) is 71.9 Å². The van der Waals surface area contributed by atoms with E-state index < -0.39 is 0 Å². The third kappa shape index (κ3) is 6.65. The van der Waals surface area contributed by atoms with Crippen LogP contribution >= 0.6 is 0 Å². The predicted molar refractivity (Wildman–Crippen MR) is 130 cm³/mol. The first kappa shape index (κ1) is 23.0. The summed E-state index contributed by atoms with van der Waals surface area (Å²) in [5, 5.41) is 0. The second-order valence-electron chi connectivity index (χ2n) is 8.46. The molecule has 0 bridgehead atoms. The molecular formula is C26H33N5O2. The molecule has 4 rings (SSSR count). The summed E-state index contributed by atoms with van der Waals surface area (Å²) in [4.78, 5) is 18.1. The number of hydrogen-bond donors (Lipinski definition) is 0. The van der Waals surface area contributed by atoms with Crippen molar-refractivity contribution in [3.8, 4) is 11.5 Å². The summed E-state index contributed by atoms with van der Waals surface area (Å²) in [6.07, 6.45) is 9.76. The van der Waals surface area contributed by atoms with Crippen molar-refractivity contribution in [3.63, 3.8) is 0 Å². The van der Waals surface area contributed by atoms with E-state index >= 15 is 0 Å². The van der Waals surface area contributed by atoms with Crippen LogP contribution in [0.2, 0.25) is 0 Å². The summed E-state index contributed by atoms with van der Waals surface area (Å²) in [5.41, 5.74) is 2.24. The maximum Gasteiger partial charge on any atom is 0.161 e. The van der Waals surface area contributed by atoms with Crippen LogP contribution in [0, 0.1) is 0 Å². The molecule has 0 N–H and O–H groups in total. The van der Waals surface area contributed by atoms with Crippen LogP contribution in [-0.4, -0.2) is 60.3 Å². The topological polar surface area (TPSA) is 63.6 Å². The Hall–Kier alpha value is -3.19. The normalized spacial score (nSPS) is 13.8. The van der Waals surface area contributed by atoms with Gasteiger partial charge in [0.1, 0.15) is 11.6 Å². The number of anilines is 1. The average Bonchev–Trinajstić information content (AvgIpc) is 3.36. The second-order valence-corrected chi connectivity index (χ2v) is 8.46. The van der Waals surface area contributed by atoms with Gasteiger partial charge in [0.25, 0.3) is 0 Å². The minimum Gasteiger partial charge on any atom is -0.493 e. The summed E-state index contributed by atoms with van der Waals surface area (Å²) in [7, 11) is 3.71. The fraction of sp³-hybridized carbons (Fsp3) is 0.423. The molecule has 3 aromatic rings. The minimum absolute atomic E-state index is 0.628. The second kappa shape index (κ2) is 11.6. The highest BCUT2D eigenvalue weighted by Crippen LogP contribution is 2.29. The number of benzene rings is 1. The number of hydrogen-bond acceptors (Lipinski definition) is 7. The highest BCUT2D eigenvalue weighted by Gasteiger charge is 2.12. The predicted octanol–water partition coefficient (Wildman–Crippen LogP) is 3.97. The molecule has 174 valence electrons. The first-order valence-corrected chi connectivity index (χ1v) is 11.7. The lowest BCUT2D eigenvalue weighted by molar-refractivity contribution is 0.254. The molecule has 0 radical (unpaired) electrons. The lowest BCUT2D eigenvalue weighted by Gasteiger charge is -2.18. The van der Waals surface area contributed by atoms with Crippen LogP contribution in [0.5, 0.6) is 11.5 Å². The minimum atomic E-state index is 0.628. The van der Waals surface area contributed by atoms with Crippen LogP contribution in [-0.2, 0) is 13.0 Å². The molecule has 7 nitrogen and oxygen atoms in total. The number of aromatic nitrogens is 3. The summed E-state index contributed by atoms with van der Waals surface area (Å²) in [6, 6.07) is 12.0. The van der Waals surface area contributed by atoms with Gasteiger partial charge in [-0.1, -0.05) is 12.1 Å². The molecule has 3 heterocycles. The van der Waals surface area contributed by atoms with E-state index in [1.807, 2.05) is 49.8 Å². The van der Waals surface area contributed by atoms with Gasteiger partial charge in [0.2, 0.25) is 0 Å². The van der Waals surface area contributed by atoms with Gasteiger partial charge >= 0.3 is 0 Å². The van der Waals surface area contributed by atoms with Gasteiger partial charge in [-0.05, 0) is 67.7 Å². The Morgan fingerprint density at radius 2 is 1.91 bits per heavy atom. The van der Waals surface area contributed by atoms with Crippen molar-refractivity contribution in [1.82, 2.24) is 19.9 Å². The Bertz CT molecular complexity index is 1010. The fourth-order valence-corrected chi connectivity index (χ4v) is 4.14. The van der Waals surface area contributed by atoms with E-state index in [1.165, 1.54) is 25.9 Å². The van der Waals surface area contributed by atoms with Gasteiger partial charge in [0.05, 0.1) is 13.7 Å². The Morgan fingerprint density at radius 1 is 1.03 bits per heavy atom. The molecule has 0 saturated carbocycles. The Labute approximate surface area is 196 Å². The number of ether oxygens (including phenoxy) is 2. The first-order valence-electron chi connectivity index (χ1n) is 11.7. The Kier molecular flexibility index (Phi) is 8.09. The highest BCUT2D eigenvalue weighted by atomic mass is 16.5. The number of rotatable bonds is 11. The van der Waals surface area contributed by atoms with E-state index in [0.29, 0.717) is 13.0 Å². The standard InChI is InChI=1S/C26H33N5O2/c1-30(20-22-7-5-11-27-19-22)26-10-12-28-25(29-26)18-21-8-9-23(32-2)24(17-21)33-16-6-15-31-13-3-4-14-31/h5,7-12,17,19H,3-4,6,13-16,18,20H2,1-2H3. The molecule has 1 aliphatic heterocycles. The molecule has 1 saturated heterocycles. The molecule has 1 fully saturated rings. The summed E-state index contributed by atoms with van der Waals surface area (Å²) < 4.78 is 11.6. The SMILES string of the molecule is COc1ccc(Cc2nccc(N(C)Cc3cccnc3)n2)cc1OCCCN1CCCC1. The molecule has 1 aromatic carbocycles. The number of methoxy groups -OCH3 is 1. The number of nitrogens with zero attached hydrogens (tertiary/aromatic N) is 5. The van der Waals surface area contributed by atoms with Gasteiger partial charge in [-0.2, -0.15) is 0 Å². The van der Waals surface area contributed by atoms with Crippen molar-refractivity contribution in [2.24, 2.45) is 0 Å². The highest BCUT2D eigenvalue weighted by molar-refractivity contribution is 5.44. The van der Waals surface area contributed by atoms with E-state index in [4.69, 9.17) is 14.5 Å². The average molecular weight is 448 g/mol. The summed E-state index contributed by atoms with van der Waals surface area (Å²) >= 11 is 0. The molecule has 1 aliphatic rings. The zero-order chi connectivity index (χ0) is 22.9. The molecule has 0 atom stereocenters. The van der Waals surface area contributed by atoms with Crippen LogP contribution in [0.15, 0.2) is 55.0 Å². The summed E-state index contributed by atoms with van der Waals surface area (Å²) in [5.74, 6) is 3.19. The molecule has 0 unspecified atom stereocenters. The number of pyridine rings is 1. The van der Waals surface area contributed by atoms with E-state index in [0.717, 1.165) is 53.8 Å². The molecule has 2 aromatic heterocycles. The van der Waals surface area contributed by atoms with Crippen molar-refractivity contribution in [2.75, 3.05) is 45.3 Å². The van der Waals surface area contributed by atoms with E-state index in [2.05, 4.69) is 25.8 Å². The van der Waals surface area contributed by atoms with Crippen molar-refractivity contribution in [1.29, 1.82) is 0 Å². The molecule has 0 amide bonds. The van der Waals surface area contributed by atoms with Crippen LogP contribution in [0.1, 0.15) is 36.2 Å². The smallest absolute Gasteiger partial charge is 0.161 e. The van der Waals surface area contributed by atoms with Crippen LogP contribution in [0.3, 0.4) is 0 Å². The first-order chi connectivity index (χ1) is 16.2. The van der Waals surface area contributed by atoms with Crippen LogP contribution < -0.4 is 14.4 Å². The largest absolute Gasteiger partial charge is 0.493 e. The van der Waals surface area contributed by atoms with Gasteiger partial charge < -0.3 is 19.3 Å². The lowest BCUT2D eigenvalue weighted by Crippen LogP contribution is -2.21. The van der Waals surface area contributed by atoms with E-state index in [1.54, 1.807) is 13.3 Å². The van der Waals surface area contributed by atoms with Gasteiger partial charge in [-0.3, -0.25) is 4.98 Å². The van der Waals surface area contributed by atoms with Gasteiger partial charge in [-0.25, -0.2) is 9.97 Å². The lowest BCUT2D eigenvalue weighted by atomic mass is 10.1. The molecular weight excluding hydrogens is 414 g/mol. The summed E-state index contributed by atoms with van der Waals surface area (Å²) in [6.45, 7) is 4.95. The zero-order valence-electron chi connectivity index (χ0n) is 19.6. The molecule has 0 aliphatic carbocycles. The number of likely N-dealkylation sites (tertiary alicyclic amines) is 1. The van der Waals surface area contributed by atoms with Crippen molar-refractivity contribution >= 4 is 5.82 Å². The maximum absolute atomic E-state index is 6.09. The maximum atomic E-state index is 6.09. The van der Waals surface area contributed by atoms with Gasteiger partial charge in [-0.15, -0.1) is 0 Å². The van der Waals surface area contributed by atoms with Gasteiger partial charge in [0, 0.05) is 45.1 Å². The zero-order valence-corrected chi connectivity index (χ0v) is 19.6. The van der Waals surface area contributed by atoms with Crippen molar-refractivity contribution < 1.29 is 9.47 Å². The monoisotopic (exact) mass is 447 g/mol. The van der Waals surface area contributed by atoms with Crippen LogP contribution in [0.4, 0.5) is 5.82 Å². The molecule has 33 heavy (non-hydrogen) atoms. The van der Waals surface area contributed by atoms with Crippen molar-refractivity contribution in [2.45, 2.75) is 32.2 Å².